The number of carbonyl (C=O) groups excluding carboxylic acids is 1. The van der Waals surface area contributed by atoms with Gasteiger partial charge in [0.1, 0.15) is 0 Å². The number of hydrogen-bond acceptors (Lipinski definition) is 7. The molecule has 1 atom stereocenters. The molecule has 3 rings (SSSR count). The van der Waals surface area contributed by atoms with Crippen molar-refractivity contribution in [1.82, 2.24) is 0 Å². The van der Waals surface area contributed by atoms with Gasteiger partial charge in [-0.3, -0.25) is 0 Å². The van der Waals surface area contributed by atoms with Gasteiger partial charge in [0.25, 0.3) is 0 Å². The normalized spacial score (nSPS) is 15.3. The molecule has 0 radical (unpaired) electrons. The summed E-state index contributed by atoms with van der Waals surface area (Å²) in [6, 6.07) is 3.84. The van der Waals surface area contributed by atoms with E-state index in [4.69, 9.17) is 28.4 Å². The molecule has 7 heteroatoms. The lowest BCUT2D eigenvalue weighted by Crippen LogP contribution is -2.16. The lowest BCUT2D eigenvalue weighted by Gasteiger charge is -2.29. The van der Waals surface area contributed by atoms with Crippen LogP contribution in [0.1, 0.15) is 31.9 Å². The van der Waals surface area contributed by atoms with Gasteiger partial charge >= 0.3 is 5.97 Å². The second-order valence-corrected chi connectivity index (χ2v) is 8.46. The maximum Gasteiger partial charge on any atom is 0.338 e. The van der Waals surface area contributed by atoms with Crippen LogP contribution >= 0.6 is 0 Å². The van der Waals surface area contributed by atoms with Crippen molar-refractivity contribution in [2.24, 2.45) is 5.92 Å². The van der Waals surface area contributed by atoms with Gasteiger partial charge in [0.15, 0.2) is 23.0 Å². The van der Waals surface area contributed by atoms with E-state index in [0.717, 1.165) is 22.3 Å². The Morgan fingerprint density at radius 1 is 0.857 bits per heavy atom. The fourth-order valence-electron chi connectivity index (χ4n) is 4.35. The van der Waals surface area contributed by atoms with Crippen LogP contribution in [0.5, 0.6) is 34.5 Å². The van der Waals surface area contributed by atoms with Crippen molar-refractivity contribution in [2.45, 2.75) is 33.6 Å². The smallest absolute Gasteiger partial charge is 0.338 e. The summed E-state index contributed by atoms with van der Waals surface area (Å²) < 4.78 is 34.6. The number of esters is 1. The molecule has 1 aliphatic carbocycles. The van der Waals surface area contributed by atoms with Crippen molar-refractivity contribution in [1.29, 1.82) is 0 Å². The standard InChI is InChI=1S/C28H34O7/c1-10-15(2)28(29)35-27-23-19(14-21(31-6)25(27)33-8)12-17(4)16(3)11-18-13-20(30-5)24(32-7)26(34-9)22(18)23/h10,13-14,17H,3,11-12H2,1-2,4-9H3. The molecule has 0 aliphatic heterocycles. The number of benzene rings is 2. The number of hydrogen-bond donors (Lipinski definition) is 0. The van der Waals surface area contributed by atoms with E-state index in [1.807, 2.05) is 12.1 Å². The molecule has 0 fully saturated rings. The van der Waals surface area contributed by atoms with Crippen LogP contribution in [0.3, 0.4) is 0 Å². The molecule has 0 bridgehead atoms. The summed E-state index contributed by atoms with van der Waals surface area (Å²) in [7, 11) is 7.79. The third kappa shape index (κ3) is 4.67. The SMILES string of the molecule is C=C1Cc2cc(OC)c(OC)c(OC)c2-c2c(cc(OC)c(OC)c2OC(=O)C(C)=CC)CC1C. The van der Waals surface area contributed by atoms with Crippen molar-refractivity contribution >= 4 is 5.97 Å². The zero-order valence-electron chi connectivity index (χ0n) is 21.8. The van der Waals surface area contributed by atoms with Crippen LogP contribution in [0.2, 0.25) is 0 Å². The zero-order chi connectivity index (χ0) is 25.9. The zero-order valence-corrected chi connectivity index (χ0v) is 21.8. The van der Waals surface area contributed by atoms with Gasteiger partial charge < -0.3 is 28.4 Å². The Morgan fingerprint density at radius 3 is 1.89 bits per heavy atom. The molecule has 0 N–H and O–H groups in total. The quantitative estimate of drug-likeness (QED) is 0.221. The first-order chi connectivity index (χ1) is 16.8. The Labute approximate surface area is 207 Å². The lowest BCUT2D eigenvalue weighted by molar-refractivity contribution is -0.130. The molecular formula is C28H34O7. The Morgan fingerprint density at radius 2 is 1.37 bits per heavy atom. The summed E-state index contributed by atoms with van der Waals surface area (Å²) in [6.07, 6.45) is 2.94. The number of allylic oxidation sites excluding steroid dienone is 2. The molecule has 0 aromatic heterocycles. The molecule has 0 amide bonds. The molecular weight excluding hydrogens is 448 g/mol. The highest BCUT2D eigenvalue weighted by molar-refractivity contribution is 5.94. The van der Waals surface area contributed by atoms with Crippen molar-refractivity contribution in [3.8, 4) is 45.6 Å². The summed E-state index contributed by atoms with van der Waals surface area (Å²) in [4.78, 5) is 13.0. The average molecular weight is 483 g/mol. The van der Waals surface area contributed by atoms with Gasteiger partial charge in [0.05, 0.1) is 35.5 Å². The minimum absolute atomic E-state index is 0.153. The van der Waals surface area contributed by atoms with Gasteiger partial charge in [0, 0.05) is 16.7 Å². The van der Waals surface area contributed by atoms with Crippen LogP contribution in [0.4, 0.5) is 0 Å². The molecule has 2 aromatic rings. The van der Waals surface area contributed by atoms with Crippen LogP contribution in [-0.2, 0) is 17.6 Å². The molecule has 1 aliphatic rings. The molecule has 188 valence electrons. The van der Waals surface area contributed by atoms with Crippen LogP contribution in [0, 0.1) is 5.92 Å². The molecule has 0 heterocycles. The summed E-state index contributed by atoms with van der Waals surface area (Å²) in [5.74, 6) is 2.16. The Hall–Kier alpha value is -3.61. The minimum atomic E-state index is -0.484. The number of fused-ring (bicyclic) bond motifs is 3. The van der Waals surface area contributed by atoms with Crippen molar-refractivity contribution in [2.75, 3.05) is 35.5 Å². The summed E-state index contributed by atoms with van der Waals surface area (Å²) in [6.45, 7) is 9.95. The molecule has 0 saturated heterocycles. The van der Waals surface area contributed by atoms with E-state index >= 15 is 0 Å². The monoisotopic (exact) mass is 482 g/mol. The summed E-state index contributed by atoms with van der Waals surface area (Å²) >= 11 is 0. The lowest BCUT2D eigenvalue weighted by atomic mass is 9.80. The van der Waals surface area contributed by atoms with Crippen molar-refractivity contribution in [3.05, 3.63) is 47.1 Å². The van der Waals surface area contributed by atoms with Crippen molar-refractivity contribution < 1.29 is 33.2 Å². The fraction of sp³-hybridized carbons (Fsp3) is 0.393. The molecule has 1 unspecified atom stereocenters. The van der Waals surface area contributed by atoms with E-state index in [1.165, 1.54) is 7.11 Å². The predicted molar refractivity (Wildman–Crippen MR) is 135 cm³/mol. The van der Waals surface area contributed by atoms with Gasteiger partial charge in [-0.2, -0.15) is 0 Å². The van der Waals surface area contributed by atoms with Gasteiger partial charge in [-0.15, -0.1) is 0 Å². The molecule has 35 heavy (non-hydrogen) atoms. The molecule has 0 saturated carbocycles. The van der Waals surface area contributed by atoms with Gasteiger partial charge in [-0.05, 0) is 55.9 Å². The number of carbonyl (C=O) groups is 1. The average Bonchev–Trinajstić information content (AvgIpc) is 2.86. The number of ether oxygens (including phenoxy) is 6. The predicted octanol–water partition coefficient (Wildman–Crippen LogP) is 5.56. The van der Waals surface area contributed by atoms with E-state index in [9.17, 15) is 4.79 Å². The van der Waals surface area contributed by atoms with Gasteiger partial charge in [-0.1, -0.05) is 25.2 Å². The van der Waals surface area contributed by atoms with E-state index in [2.05, 4.69) is 13.5 Å². The second-order valence-electron chi connectivity index (χ2n) is 8.46. The Balaban J connectivity index is 2.54. The van der Waals surface area contributed by atoms with Crippen LogP contribution in [-0.4, -0.2) is 41.5 Å². The minimum Gasteiger partial charge on any atom is -0.493 e. The topological polar surface area (TPSA) is 72.5 Å². The van der Waals surface area contributed by atoms with E-state index < -0.39 is 5.97 Å². The molecule has 0 spiro atoms. The maximum absolute atomic E-state index is 13.0. The van der Waals surface area contributed by atoms with Crippen molar-refractivity contribution in [3.63, 3.8) is 0 Å². The second kappa shape index (κ2) is 10.8. The molecule has 2 aromatic carbocycles. The Kier molecular flexibility index (Phi) is 7.99. The highest BCUT2D eigenvalue weighted by atomic mass is 16.6. The van der Waals surface area contributed by atoms with Crippen LogP contribution < -0.4 is 28.4 Å². The van der Waals surface area contributed by atoms with E-state index in [-0.39, 0.29) is 11.7 Å². The maximum atomic E-state index is 13.0. The number of rotatable bonds is 7. The van der Waals surface area contributed by atoms with E-state index in [1.54, 1.807) is 48.4 Å². The third-order valence-corrected chi connectivity index (χ3v) is 6.46. The van der Waals surface area contributed by atoms with Crippen LogP contribution in [0.25, 0.3) is 11.1 Å². The Bertz CT molecular complexity index is 1180. The molecule has 7 nitrogen and oxygen atoms in total. The van der Waals surface area contributed by atoms with Crippen LogP contribution in [0.15, 0.2) is 35.9 Å². The van der Waals surface area contributed by atoms with Gasteiger partial charge in [-0.25, -0.2) is 4.79 Å². The summed E-state index contributed by atoms with van der Waals surface area (Å²) in [5, 5.41) is 0. The first kappa shape index (κ1) is 26.0. The largest absolute Gasteiger partial charge is 0.493 e. The fourth-order valence-corrected chi connectivity index (χ4v) is 4.35. The van der Waals surface area contributed by atoms with Gasteiger partial charge in [0.2, 0.25) is 11.5 Å². The third-order valence-electron chi connectivity index (χ3n) is 6.46. The number of methoxy groups -OCH3 is 5. The first-order valence-electron chi connectivity index (χ1n) is 11.4. The van der Waals surface area contributed by atoms with E-state index in [0.29, 0.717) is 52.7 Å². The summed E-state index contributed by atoms with van der Waals surface area (Å²) in [5.41, 5.74) is 4.76. The highest BCUT2D eigenvalue weighted by Crippen LogP contribution is 2.55. The first-order valence-corrected chi connectivity index (χ1v) is 11.4. The highest BCUT2D eigenvalue weighted by Gasteiger charge is 2.33.